The lowest BCUT2D eigenvalue weighted by Crippen LogP contribution is -2.08. The summed E-state index contributed by atoms with van der Waals surface area (Å²) in [5.41, 5.74) is 4.60. The number of carbonyl (C=O) groups excluding carboxylic acids is 1. The van der Waals surface area contributed by atoms with Gasteiger partial charge < -0.3 is 4.74 Å². The Kier molecular flexibility index (Phi) is 3.15. The zero-order chi connectivity index (χ0) is 15.8. The van der Waals surface area contributed by atoms with Crippen molar-refractivity contribution < 1.29 is 9.53 Å². The van der Waals surface area contributed by atoms with Crippen LogP contribution < -0.4 is 0 Å². The molecule has 2 heterocycles. The van der Waals surface area contributed by atoms with E-state index in [9.17, 15) is 4.79 Å². The Morgan fingerprint density at radius 2 is 2.13 bits per heavy atom. The number of allylic oxidation sites excluding steroid dienone is 7. The van der Waals surface area contributed by atoms with Gasteiger partial charge in [-0.25, -0.2) is 9.31 Å². The van der Waals surface area contributed by atoms with Gasteiger partial charge in [-0.15, -0.1) is 10.2 Å². The fraction of sp³-hybridized carbons (Fsp3) is 0.176. The third-order valence-electron chi connectivity index (χ3n) is 3.83. The predicted octanol–water partition coefficient (Wildman–Crippen LogP) is 2.60. The molecule has 0 saturated heterocycles. The van der Waals surface area contributed by atoms with E-state index in [-0.39, 0.29) is 0 Å². The molecule has 0 spiro atoms. The molecule has 2 aromatic rings. The molecule has 6 nitrogen and oxygen atoms in total. The number of fused-ring (bicyclic) bond motifs is 6. The molecule has 2 aliphatic rings. The zero-order valence-corrected chi connectivity index (χ0v) is 12.6. The average Bonchev–Trinajstić information content (AvgIpc) is 2.74. The third-order valence-corrected chi connectivity index (χ3v) is 3.83. The van der Waals surface area contributed by atoms with Crippen molar-refractivity contribution in [3.05, 3.63) is 59.1 Å². The quantitative estimate of drug-likeness (QED) is 0.798. The monoisotopic (exact) mass is 306 g/mol. The summed E-state index contributed by atoms with van der Waals surface area (Å²) in [4.78, 5) is 12.0. The average molecular weight is 306 g/mol. The molecule has 2 bridgehead atoms. The van der Waals surface area contributed by atoms with Crippen LogP contribution in [0.25, 0.3) is 17.3 Å². The van der Waals surface area contributed by atoms with Crippen LogP contribution in [0.15, 0.2) is 42.2 Å². The summed E-state index contributed by atoms with van der Waals surface area (Å²) < 4.78 is 6.69. The van der Waals surface area contributed by atoms with E-state index in [0.29, 0.717) is 17.8 Å². The number of nitrogens with zero attached hydrogens (tertiary/aromatic N) is 4. The summed E-state index contributed by atoms with van der Waals surface area (Å²) >= 11 is 0. The molecule has 0 amide bonds. The largest absolute Gasteiger partial charge is 0.462 e. The molecule has 2 aromatic heterocycles. The zero-order valence-electron chi connectivity index (χ0n) is 12.6. The molecule has 114 valence electrons. The van der Waals surface area contributed by atoms with E-state index in [1.807, 2.05) is 30.4 Å². The lowest BCUT2D eigenvalue weighted by Gasteiger charge is -2.07. The van der Waals surface area contributed by atoms with Gasteiger partial charge in [0.25, 0.3) is 0 Å². The number of carbonyl (C=O) groups is 1. The molecule has 2 aliphatic carbocycles. The van der Waals surface area contributed by atoms with Crippen molar-refractivity contribution in [2.24, 2.45) is 0 Å². The van der Waals surface area contributed by atoms with Gasteiger partial charge in [-0.2, -0.15) is 5.10 Å². The summed E-state index contributed by atoms with van der Waals surface area (Å²) in [7, 11) is 0. The maximum Gasteiger partial charge on any atom is 0.343 e. The number of esters is 1. The second-order valence-electron chi connectivity index (χ2n) is 5.28. The van der Waals surface area contributed by atoms with Crippen molar-refractivity contribution in [3.63, 3.8) is 0 Å². The van der Waals surface area contributed by atoms with Crippen LogP contribution in [0.2, 0.25) is 0 Å². The van der Waals surface area contributed by atoms with Crippen molar-refractivity contribution in [2.45, 2.75) is 13.3 Å². The molecule has 0 N–H and O–H groups in total. The van der Waals surface area contributed by atoms with E-state index in [0.717, 1.165) is 23.4 Å². The van der Waals surface area contributed by atoms with Crippen molar-refractivity contribution in [1.29, 1.82) is 0 Å². The van der Waals surface area contributed by atoms with Crippen LogP contribution in [-0.2, 0) is 4.74 Å². The number of ether oxygens (including phenoxy) is 1. The molecule has 0 aliphatic heterocycles. The van der Waals surface area contributed by atoms with Gasteiger partial charge in [0, 0.05) is 0 Å². The number of aromatic nitrogens is 4. The Balaban J connectivity index is 1.93. The van der Waals surface area contributed by atoms with Crippen LogP contribution in [0.1, 0.15) is 35.1 Å². The normalized spacial score (nSPS) is 15.5. The smallest absolute Gasteiger partial charge is 0.343 e. The maximum absolute atomic E-state index is 12.0. The Morgan fingerprint density at radius 3 is 3.00 bits per heavy atom. The van der Waals surface area contributed by atoms with E-state index in [1.54, 1.807) is 11.4 Å². The molecule has 0 unspecified atom stereocenters. The van der Waals surface area contributed by atoms with Gasteiger partial charge in [-0.1, -0.05) is 30.4 Å². The molecule has 4 rings (SSSR count). The second-order valence-corrected chi connectivity index (χ2v) is 5.28. The van der Waals surface area contributed by atoms with Crippen LogP contribution in [0.4, 0.5) is 0 Å². The van der Waals surface area contributed by atoms with Crippen molar-refractivity contribution in [2.75, 3.05) is 6.61 Å². The van der Waals surface area contributed by atoms with Crippen LogP contribution in [0.3, 0.4) is 0 Å². The summed E-state index contributed by atoms with van der Waals surface area (Å²) in [5, 5.41) is 12.9. The Labute approximate surface area is 132 Å². The Hall–Kier alpha value is -3.02. The van der Waals surface area contributed by atoms with Crippen molar-refractivity contribution in [3.8, 4) is 0 Å². The molecule has 0 atom stereocenters. The lowest BCUT2D eigenvalue weighted by atomic mass is 10.1. The van der Waals surface area contributed by atoms with Gasteiger partial charge >= 0.3 is 5.97 Å². The summed E-state index contributed by atoms with van der Waals surface area (Å²) in [6.45, 7) is 2.07. The summed E-state index contributed by atoms with van der Waals surface area (Å²) in [6, 6.07) is 0. The number of hydrogen-bond acceptors (Lipinski definition) is 5. The summed E-state index contributed by atoms with van der Waals surface area (Å²) in [5.74, 6) is -0.435. The molecule has 0 radical (unpaired) electrons. The second kappa shape index (κ2) is 5.31. The standard InChI is InChI=1S/C17H14N4O2/c1-2-23-17(22)13-10-18-21-14-8-7-11-5-3-4-6-12(9-11)15(14)19-20-16(13)21/h3-8,10H,2,9H2,1H3. The van der Waals surface area contributed by atoms with Gasteiger partial charge in [0.05, 0.1) is 18.5 Å². The minimum atomic E-state index is -0.435. The van der Waals surface area contributed by atoms with Gasteiger partial charge in [0.2, 0.25) is 0 Å². The van der Waals surface area contributed by atoms with Gasteiger partial charge in [-0.3, -0.25) is 0 Å². The Bertz CT molecular complexity index is 931. The minimum absolute atomic E-state index is 0.307. The molecular weight excluding hydrogens is 292 g/mol. The van der Waals surface area contributed by atoms with Crippen molar-refractivity contribution >= 4 is 23.3 Å². The van der Waals surface area contributed by atoms with E-state index in [4.69, 9.17) is 4.74 Å². The lowest BCUT2D eigenvalue weighted by molar-refractivity contribution is 0.0528. The van der Waals surface area contributed by atoms with Crippen LogP contribution in [0.5, 0.6) is 0 Å². The van der Waals surface area contributed by atoms with Crippen LogP contribution in [-0.4, -0.2) is 32.4 Å². The SMILES string of the molecule is CCOC(=O)c1cnn2c3c(nnc12)C1=CC=CC=C(C=C3)C1. The Morgan fingerprint density at radius 1 is 1.26 bits per heavy atom. The van der Waals surface area contributed by atoms with E-state index < -0.39 is 5.97 Å². The summed E-state index contributed by atoms with van der Waals surface area (Å²) in [6.07, 6.45) is 14.4. The van der Waals surface area contributed by atoms with Gasteiger partial charge in [0.15, 0.2) is 5.65 Å². The predicted molar refractivity (Wildman–Crippen MR) is 85.6 cm³/mol. The molecule has 0 saturated carbocycles. The first-order valence-electron chi connectivity index (χ1n) is 7.44. The molecule has 23 heavy (non-hydrogen) atoms. The first-order chi connectivity index (χ1) is 11.3. The fourth-order valence-electron chi connectivity index (χ4n) is 2.75. The van der Waals surface area contributed by atoms with Crippen LogP contribution in [0, 0.1) is 0 Å². The van der Waals surface area contributed by atoms with E-state index >= 15 is 0 Å². The highest BCUT2D eigenvalue weighted by atomic mass is 16.5. The number of rotatable bonds is 2. The van der Waals surface area contributed by atoms with E-state index in [1.165, 1.54) is 11.8 Å². The van der Waals surface area contributed by atoms with E-state index in [2.05, 4.69) is 21.4 Å². The molecule has 0 fully saturated rings. The number of hydrogen-bond donors (Lipinski definition) is 0. The highest BCUT2D eigenvalue weighted by Gasteiger charge is 2.22. The molecule has 6 heteroatoms. The minimum Gasteiger partial charge on any atom is -0.462 e. The maximum atomic E-state index is 12.0. The van der Waals surface area contributed by atoms with Gasteiger partial charge in [-0.05, 0) is 30.6 Å². The van der Waals surface area contributed by atoms with Crippen molar-refractivity contribution in [1.82, 2.24) is 19.8 Å². The third kappa shape index (κ3) is 2.19. The highest BCUT2D eigenvalue weighted by Crippen LogP contribution is 2.31. The fourth-order valence-corrected chi connectivity index (χ4v) is 2.75. The van der Waals surface area contributed by atoms with Gasteiger partial charge in [0.1, 0.15) is 11.3 Å². The molecular formula is C17H14N4O2. The first kappa shape index (κ1) is 13.6. The highest BCUT2D eigenvalue weighted by molar-refractivity contribution is 5.95. The molecule has 0 aromatic carbocycles. The first-order valence-corrected chi connectivity index (χ1v) is 7.44. The van der Waals surface area contributed by atoms with Crippen LogP contribution >= 0.6 is 0 Å². The topological polar surface area (TPSA) is 69.4 Å².